The van der Waals surface area contributed by atoms with Crippen molar-refractivity contribution in [3.63, 3.8) is 0 Å². The van der Waals surface area contributed by atoms with E-state index in [2.05, 4.69) is 64.2 Å². The van der Waals surface area contributed by atoms with E-state index in [4.69, 9.17) is 4.74 Å². The maximum absolute atomic E-state index is 13.7. The molecule has 6 heteroatoms. The molecule has 6 rings (SSSR count). The molecule has 5 aliphatic rings. The molecule has 0 aromatic heterocycles. The van der Waals surface area contributed by atoms with Crippen LogP contribution in [0.25, 0.3) is 0 Å². The van der Waals surface area contributed by atoms with Gasteiger partial charge in [-0.05, 0) is 70.4 Å². The predicted molar refractivity (Wildman–Crippen MR) is 134 cm³/mol. The average molecular weight is 467 g/mol. The van der Waals surface area contributed by atoms with Crippen LogP contribution in [0.3, 0.4) is 0 Å². The van der Waals surface area contributed by atoms with E-state index in [0.29, 0.717) is 36.0 Å². The quantitative estimate of drug-likeness (QED) is 0.719. The van der Waals surface area contributed by atoms with Crippen molar-refractivity contribution in [1.82, 2.24) is 20.0 Å². The highest BCUT2D eigenvalue weighted by molar-refractivity contribution is 5.79. The SMILES string of the molecule is CC(C)N1C(=O)N(C2CCOCC2)CC12CC1CCC(C2)N1C[C@H]1CNC[C@@H]1c1ccccc1. The monoisotopic (exact) mass is 466 g/mol. The minimum atomic E-state index is 0.0125. The van der Waals surface area contributed by atoms with Gasteiger partial charge in [0.2, 0.25) is 0 Å². The van der Waals surface area contributed by atoms with Gasteiger partial charge >= 0.3 is 6.03 Å². The summed E-state index contributed by atoms with van der Waals surface area (Å²) in [4.78, 5) is 21.1. The second-order valence-corrected chi connectivity index (χ2v) is 11.9. The first kappa shape index (κ1) is 22.8. The van der Waals surface area contributed by atoms with Crippen LogP contribution >= 0.6 is 0 Å². The smallest absolute Gasteiger partial charge is 0.321 e. The highest BCUT2D eigenvalue weighted by Gasteiger charge is 2.59. The average Bonchev–Trinajstić information content (AvgIpc) is 3.49. The highest BCUT2D eigenvalue weighted by Crippen LogP contribution is 2.49. The van der Waals surface area contributed by atoms with Gasteiger partial charge in [-0.15, -0.1) is 0 Å². The van der Waals surface area contributed by atoms with Crippen LogP contribution in [0.2, 0.25) is 0 Å². The summed E-state index contributed by atoms with van der Waals surface area (Å²) in [5.74, 6) is 1.28. The maximum Gasteiger partial charge on any atom is 0.321 e. The molecule has 4 atom stereocenters. The molecule has 2 unspecified atom stereocenters. The lowest BCUT2D eigenvalue weighted by atomic mass is 9.80. The number of amides is 2. The van der Waals surface area contributed by atoms with Crippen LogP contribution in [0.5, 0.6) is 0 Å². The topological polar surface area (TPSA) is 48.1 Å². The van der Waals surface area contributed by atoms with Crippen molar-refractivity contribution in [2.24, 2.45) is 5.92 Å². The zero-order chi connectivity index (χ0) is 23.3. The molecular weight excluding hydrogens is 424 g/mol. The van der Waals surface area contributed by atoms with Gasteiger partial charge in [-0.25, -0.2) is 4.79 Å². The van der Waals surface area contributed by atoms with Gasteiger partial charge in [-0.2, -0.15) is 0 Å². The fourth-order valence-corrected chi connectivity index (χ4v) is 8.18. The number of fused-ring (bicyclic) bond motifs is 2. The number of carbonyl (C=O) groups excluding carboxylic acids is 1. The summed E-state index contributed by atoms with van der Waals surface area (Å²) in [6.07, 6.45) is 6.84. The summed E-state index contributed by atoms with van der Waals surface area (Å²) in [6, 6.07) is 13.2. The number of carbonyl (C=O) groups is 1. The summed E-state index contributed by atoms with van der Waals surface area (Å²) >= 11 is 0. The normalized spacial score (nSPS) is 37.0. The second kappa shape index (κ2) is 9.11. The van der Waals surface area contributed by atoms with Crippen LogP contribution in [0.15, 0.2) is 30.3 Å². The molecule has 2 bridgehead atoms. The minimum absolute atomic E-state index is 0.0125. The van der Waals surface area contributed by atoms with E-state index in [-0.39, 0.29) is 11.6 Å². The molecule has 5 saturated heterocycles. The number of hydrogen-bond donors (Lipinski definition) is 1. The van der Waals surface area contributed by atoms with Gasteiger partial charge in [-0.1, -0.05) is 30.3 Å². The summed E-state index contributed by atoms with van der Waals surface area (Å²) in [7, 11) is 0. The van der Waals surface area contributed by atoms with E-state index in [1.165, 1.54) is 24.9 Å². The molecule has 1 spiro atoms. The zero-order valence-corrected chi connectivity index (χ0v) is 21.0. The van der Waals surface area contributed by atoms with Crippen molar-refractivity contribution in [2.45, 2.75) is 88.0 Å². The zero-order valence-electron chi connectivity index (χ0n) is 21.0. The molecule has 1 aromatic rings. The standard InChI is InChI=1S/C28H42N4O2/c1-20(2)32-27(33)31(23-10-12-34-13-11-23)19-28(32)14-24-8-9-25(15-28)30(24)18-22-16-29-17-26(22)21-6-4-3-5-7-21/h3-7,20,22-26,29H,8-19H2,1-2H3/t22-,24?,25?,26-,28?/m1/s1. The van der Waals surface area contributed by atoms with Crippen molar-refractivity contribution in [3.05, 3.63) is 35.9 Å². The Morgan fingerprint density at radius 3 is 2.38 bits per heavy atom. The highest BCUT2D eigenvalue weighted by atomic mass is 16.5. The van der Waals surface area contributed by atoms with Crippen LogP contribution in [0.1, 0.15) is 63.9 Å². The lowest BCUT2D eigenvalue weighted by Crippen LogP contribution is -2.60. The van der Waals surface area contributed by atoms with Crippen LogP contribution < -0.4 is 5.32 Å². The van der Waals surface area contributed by atoms with Gasteiger partial charge in [0.15, 0.2) is 0 Å². The van der Waals surface area contributed by atoms with E-state index in [0.717, 1.165) is 58.5 Å². The molecule has 186 valence electrons. The van der Waals surface area contributed by atoms with Crippen LogP contribution in [-0.4, -0.2) is 89.8 Å². The largest absolute Gasteiger partial charge is 0.381 e. The molecule has 5 aliphatic heterocycles. The van der Waals surface area contributed by atoms with Gasteiger partial charge in [0.05, 0.1) is 5.54 Å². The van der Waals surface area contributed by atoms with Crippen molar-refractivity contribution in [2.75, 3.05) is 39.4 Å². The first-order chi connectivity index (χ1) is 16.6. The Labute approximate surface area is 205 Å². The van der Waals surface area contributed by atoms with E-state index in [1.54, 1.807) is 0 Å². The Kier molecular flexibility index (Phi) is 6.11. The lowest BCUT2D eigenvalue weighted by molar-refractivity contribution is 0.00708. The van der Waals surface area contributed by atoms with E-state index in [9.17, 15) is 4.79 Å². The minimum Gasteiger partial charge on any atom is -0.381 e. The van der Waals surface area contributed by atoms with Crippen LogP contribution in [0, 0.1) is 5.92 Å². The molecule has 6 nitrogen and oxygen atoms in total. The van der Waals surface area contributed by atoms with E-state index < -0.39 is 0 Å². The Morgan fingerprint density at radius 2 is 1.71 bits per heavy atom. The molecule has 1 N–H and O–H groups in total. The van der Waals surface area contributed by atoms with Gasteiger partial charge in [-0.3, -0.25) is 4.90 Å². The van der Waals surface area contributed by atoms with Gasteiger partial charge in [0.1, 0.15) is 0 Å². The van der Waals surface area contributed by atoms with E-state index >= 15 is 0 Å². The number of hydrogen-bond acceptors (Lipinski definition) is 4. The molecule has 34 heavy (non-hydrogen) atoms. The molecule has 2 amide bonds. The Morgan fingerprint density at radius 1 is 1.00 bits per heavy atom. The first-order valence-electron chi connectivity index (χ1n) is 13.7. The molecule has 5 heterocycles. The summed E-state index contributed by atoms with van der Waals surface area (Å²) < 4.78 is 5.60. The summed E-state index contributed by atoms with van der Waals surface area (Å²) in [6.45, 7) is 10.4. The Hall–Kier alpha value is -1.63. The number of nitrogens with zero attached hydrogens (tertiary/aromatic N) is 3. The number of piperidine rings is 1. The van der Waals surface area contributed by atoms with Crippen molar-refractivity contribution in [1.29, 1.82) is 0 Å². The third-order valence-electron chi connectivity index (χ3n) is 9.59. The fraction of sp³-hybridized carbons (Fsp3) is 0.750. The van der Waals surface area contributed by atoms with Crippen molar-refractivity contribution in [3.8, 4) is 0 Å². The molecule has 5 fully saturated rings. The first-order valence-corrected chi connectivity index (χ1v) is 13.7. The van der Waals surface area contributed by atoms with E-state index in [1.807, 2.05) is 0 Å². The third kappa shape index (κ3) is 3.86. The van der Waals surface area contributed by atoms with Gasteiger partial charge in [0, 0.05) is 62.9 Å². The predicted octanol–water partition coefficient (Wildman–Crippen LogP) is 3.68. The van der Waals surface area contributed by atoms with Crippen LogP contribution in [0.4, 0.5) is 4.79 Å². The Bertz CT molecular complexity index is 856. The molecule has 0 saturated carbocycles. The van der Waals surface area contributed by atoms with Gasteiger partial charge < -0.3 is 19.9 Å². The lowest BCUT2D eigenvalue weighted by Gasteiger charge is -2.50. The Balaban J connectivity index is 1.20. The van der Waals surface area contributed by atoms with Crippen LogP contribution in [-0.2, 0) is 4.74 Å². The number of rotatable bonds is 5. The third-order valence-corrected chi connectivity index (χ3v) is 9.59. The number of urea groups is 1. The summed E-state index contributed by atoms with van der Waals surface area (Å²) in [5.41, 5.74) is 1.50. The van der Waals surface area contributed by atoms with Crippen molar-refractivity contribution >= 4 is 6.03 Å². The maximum atomic E-state index is 13.7. The molecular formula is C28H42N4O2. The molecule has 0 aliphatic carbocycles. The fourth-order valence-electron chi connectivity index (χ4n) is 8.18. The van der Waals surface area contributed by atoms with Gasteiger partial charge in [0.25, 0.3) is 0 Å². The number of ether oxygens (including phenoxy) is 1. The second-order valence-electron chi connectivity index (χ2n) is 11.9. The molecule has 1 aromatic carbocycles. The number of nitrogens with one attached hydrogen (secondary N) is 1. The molecule has 0 radical (unpaired) electrons. The number of benzene rings is 1. The van der Waals surface area contributed by atoms with Crippen molar-refractivity contribution < 1.29 is 9.53 Å². The summed E-state index contributed by atoms with van der Waals surface area (Å²) in [5, 5.41) is 3.68.